The van der Waals surface area contributed by atoms with E-state index in [-0.39, 0.29) is 40.2 Å². The second-order valence-electron chi connectivity index (χ2n) is 11.8. The van der Waals surface area contributed by atoms with Gasteiger partial charge in [-0.2, -0.15) is 0 Å². The number of carboxylic acids is 1. The maximum absolute atomic E-state index is 13.7. The molecule has 222 valence electrons. The predicted octanol–water partition coefficient (Wildman–Crippen LogP) is 4.18. The molecule has 13 heteroatoms. The number of aromatic nitrogens is 1. The van der Waals surface area contributed by atoms with Gasteiger partial charge >= 0.3 is 10.8 Å². The Balaban J connectivity index is 1.33. The molecular weight excluding hydrogens is 594 g/mol. The van der Waals surface area contributed by atoms with E-state index < -0.39 is 46.5 Å². The second kappa shape index (κ2) is 10.1. The van der Waals surface area contributed by atoms with Crippen molar-refractivity contribution < 1.29 is 29.2 Å². The van der Waals surface area contributed by atoms with E-state index in [4.69, 9.17) is 4.74 Å². The van der Waals surface area contributed by atoms with Crippen molar-refractivity contribution in [2.24, 2.45) is 29.6 Å². The number of thioether (sulfide) groups is 1. The number of imide groups is 1. The van der Waals surface area contributed by atoms with Crippen molar-refractivity contribution >= 4 is 46.6 Å². The van der Waals surface area contributed by atoms with Crippen LogP contribution < -0.4 is 9.61 Å². The van der Waals surface area contributed by atoms with Crippen LogP contribution in [0.5, 0.6) is 5.75 Å². The van der Waals surface area contributed by atoms with Crippen molar-refractivity contribution in [1.82, 2.24) is 9.88 Å². The minimum atomic E-state index is -1.27. The number of nitrogens with zero attached hydrogens (tertiary/aromatic N) is 2. The molecule has 1 aromatic heterocycles. The summed E-state index contributed by atoms with van der Waals surface area (Å²) in [5, 5.41) is 22.0. The van der Waals surface area contributed by atoms with E-state index >= 15 is 0 Å². The molecule has 4 aliphatic rings. The smallest absolute Gasteiger partial charge is 0.326 e. The third-order valence-electron chi connectivity index (χ3n) is 9.56. The van der Waals surface area contributed by atoms with Gasteiger partial charge in [0.25, 0.3) is 5.69 Å². The number of non-ortho nitro benzene ring substituents is 1. The third-order valence-corrected chi connectivity index (χ3v) is 12.1. The Hall–Kier alpha value is -3.97. The zero-order valence-electron chi connectivity index (χ0n) is 23.1. The van der Waals surface area contributed by atoms with Gasteiger partial charge < -0.3 is 14.8 Å². The number of aliphatic carboxylic acids is 1. The van der Waals surface area contributed by atoms with E-state index in [9.17, 15) is 34.4 Å². The van der Waals surface area contributed by atoms with Gasteiger partial charge in [-0.1, -0.05) is 41.2 Å². The van der Waals surface area contributed by atoms with Gasteiger partial charge in [0.2, 0.25) is 11.8 Å². The highest BCUT2D eigenvalue weighted by atomic mass is 32.2. The molecule has 43 heavy (non-hydrogen) atoms. The van der Waals surface area contributed by atoms with Crippen LogP contribution in [0.15, 0.2) is 52.3 Å². The van der Waals surface area contributed by atoms with Crippen LogP contribution in [0.4, 0.5) is 5.69 Å². The van der Waals surface area contributed by atoms with Crippen LogP contribution in [0.3, 0.4) is 0 Å². The van der Waals surface area contributed by atoms with Gasteiger partial charge in [0.15, 0.2) is 0 Å². The molecule has 2 saturated carbocycles. The lowest BCUT2D eigenvalue weighted by Crippen LogP contribution is -2.44. The predicted molar refractivity (Wildman–Crippen MR) is 156 cm³/mol. The normalized spacial score (nSPS) is 29.3. The molecule has 0 radical (unpaired) electrons. The van der Waals surface area contributed by atoms with Crippen molar-refractivity contribution in [1.29, 1.82) is 0 Å². The highest BCUT2D eigenvalue weighted by Gasteiger charge is 2.70. The number of H-pyrrole nitrogens is 1. The molecule has 11 nitrogen and oxygen atoms in total. The van der Waals surface area contributed by atoms with E-state index in [0.717, 1.165) is 32.2 Å². The van der Waals surface area contributed by atoms with Gasteiger partial charge in [-0.25, -0.2) is 4.79 Å². The van der Waals surface area contributed by atoms with E-state index in [1.165, 1.54) is 30.8 Å². The summed E-state index contributed by atoms with van der Waals surface area (Å²) in [4.78, 5) is 67.3. The van der Waals surface area contributed by atoms with E-state index in [1.54, 1.807) is 6.07 Å². The highest BCUT2D eigenvalue weighted by Crippen LogP contribution is 2.69. The number of aryl methyl sites for hydroxylation is 1. The Morgan fingerprint density at radius 3 is 2.51 bits per heavy atom. The van der Waals surface area contributed by atoms with Crippen LogP contribution >= 0.6 is 23.1 Å². The molecule has 1 saturated heterocycles. The van der Waals surface area contributed by atoms with Crippen molar-refractivity contribution in [2.45, 2.75) is 49.1 Å². The molecule has 7 unspecified atom stereocenters. The summed E-state index contributed by atoms with van der Waals surface area (Å²) >= 11 is 2.53. The number of benzene rings is 2. The number of hydrogen-bond acceptors (Lipinski definition) is 9. The number of likely N-dealkylation sites (tertiary alicyclic amines) is 1. The first-order chi connectivity index (χ1) is 20.5. The summed E-state index contributed by atoms with van der Waals surface area (Å²) < 4.78 is 6.29. The quantitative estimate of drug-likeness (QED) is 0.224. The molecule has 3 heterocycles. The molecule has 0 spiro atoms. The number of amides is 2. The topological polar surface area (TPSA) is 160 Å². The summed E-state index contributed by atoms with van der Waals surface area (Å²) in [5.41, 5.74) is 2.46. The van der Waals surface area contributed by atoms with E-state index in [1.807, 2.05) is 31.2 Å². The SMILES string of the molecule is Cc1ccc(COc2ccc([N+](=O)[O-])cc2[C@H]2c3sc(=O)[nH]c3SC3C4CC(C5C(=O)N(C(C)C(=O)O)C(=O)C45)C32)cc1. The first kappa shape index (κ1) is 27.8. The molecule has 2 aliphatic heterocycles. The number of nitro groups is 1. The minimum absolute atomic E-state index is 0.119. The Morgan fingerprint density at radius 1 is 1.14 bits per heavy atom. The fourth-order valence-electron chi connectivity index (χ4n) is 7.75. The van der Waals surface area contributed by atoms with Gasteiger partial charge in [0, 0.05) is 33.7 Å². The van der Waals surface area contributed by atoms with Crippen molar-refractivity contribution in [2.75, 3.05) is 0 Å². The number of nitro benzene ring substituents is 1. The van der Waals surface area contributed by atoms with E-state index in [0.29, 0.717) is 22.8 Å². The number of hydrogen-bond donors (Lipinski definition) is 2. The summed E-state index contributed by atoms with van der Waals surface area (Å²) in [7, 11) is 0. The van der Waals surface area contributed by atoms with Gasteiger partial charge in [0.05, 0.1) is 21.8 Å². The molecule has 2 aliphatic carbocycles. The Morgan fingerprint density at radius 2 is 1.84 bits per heavy atom. The minimum Gasteiger partial charge on any atom is -0.489 e. The van der Waals surface area contributed by atoms with Crippen molar-refractivity contribution in [3.05, 3.63) is 83.8 Å². The Kier molecular flexibility index (Phi) is 6.51. The second-order valence-corrected chi connectivity index (χ2v) is 14.0. The number of carbonyl (C=O) groups excluding carboxylic acids is 2. The fraction of sp³-hybridized carbons (Fsp3) is 0.400. The van der Waals surface area contributed by atoms with Crippen molar-refractivity contribution in [3.63, 3.8) is 0 Å². The van der Waals surface area contributed by atoms with Crippen LogP contribution in [-0.4, -0.2) is 49.0 Å². The molecule has 2 amide bonds. The van der Waals surface area contributed by atoms with Gasteiger partial charge in [0.1, 0.15) is 18.4 Å². The van der Waals surface area contributed by atoms with Gasteiger partial charge in [-0.15, -0.1) is 11.8 Å². The largest absolute Gasteiger partial charge is 0.489 e. The molecule has 2 aromatic carbocycles. The van der Waals surface area contributed by atoms with Crippen LogP contribution in [-0.2, 0) is 21.0 Å². The lowest BCUT2D eigenvalue weighted by Gasteiger charge is -2.43. The molecule has 7 rings (SSSR count). The van der Waals surface area contributed by atoms with E-state index in [2.05, 4.69) is 4.98 Å². The van der Waals surface area contributed by atoms with Gasteiger partial charge in [-0.3, -0.25) is 29.4 Å². The number of fused-ring (bicyclic) bond motifs is 9. The zero-order valence-corrected chi connectivity index (χ0v) is 24.7. The average molecular weight is 622 g/mol. The Labute approximate surface area is 253 Å². The Bertz CT molecular complexity index is 1750. The van der Waals surface area contributed by atoms with Crippen LogP contribution in [0.1, 0.15) is 40.8 Å². The first-order valence-electron chi connectivity index (χ1n) is 14.0. The van der Waals surface area contributed by atoms with Crippen LogP contribution in [0, 0.1) is 46.6 Å². The zero-order chi connectivity index (χ0) is 30.3. The molecule has 2 N–H and O–H groups in total. The molecule has 3 fully saturated rings. The lowest BCUT2D eigenvalue weighted by molar-refractivity contribution is -0.385. The molecular formula is C30H27N3O8S2. The van der Waals surface area contributed by atoms with Crippen molar-refractivity contribution in [3.8, 4) is 5.75 Å². The molecule has 2 bridgehead atoms. The third kappa shape index (κ3) is 4.23. The summed E-state index contributed by atoms with van der Waals surface area (Å²) in [6, 6.07) is 11.1. The number of carbonyl (C=O) groups is 3. The van der Waals surface area contributed by atoms with Gasteiger partial charge in [-0.05, 0) is 49.7 Å². The number of rotatable bonds is 7. The van der Waals surface area contributed by atoms with Crippen LogP contribution in [0.2, 0.25) is 0 Å². The summed E-state index contributed by atoms with van der Waals surface area (Å²) in [5.74, 6) is -4.21. The monoisotopic (exact) mass is 621 g/mol. The average Bonchev–Trinajstić information content (AvgIpc) is 3.71. The number of carboxylic acid groups (broad SMARTS) is 1. The molecule has 3 aromatic rings. The summed E-state index contributed by atoms with van der Waals surface area (Å²) in [6.45, 7) is 3.55. The number of aromatic amines is 1. The fourth-order valence-corrected chi connectivity index (χ4v) is 10.6. The summed E-state index contributed by atoms with van der Waals surface area (Å²) in [6.07, 6.45) is 0.606. The maximum atomic E-state index is 13.7. The number of thiazole rings is 1. The standard InChI is InChI=1S/C30H27N3O8S2/c1-12-3-5-14(6-4-12)11-41-19-8-7-15(33(39)40)9-16(19)20-21-17-10-18(24(21)42-26-25(20)43-30(38)31-26)23-22(17)27(34)32(28(23)35)13(2)29(36)37/h3-9,13,17-18,20-24H,10-11H2,1-2H3,(H,31,38)(H,36,37)/t13?,17?,18?,20-,21?,22?,23?,24?/m1/s1. The number of ether oxygens (including phenoxy) is 1. The van der Waals surface area contributed by atoms with Crippen LogP contribution in [0.25, 0.3) is 0 Å². The number of nitrogens with one attached hydrogen (secondary N) is 1. The molecule has 8 atom stereocenters. The maximum Gasteiger partial charge on any atom is 0.326 e. The lowest BCUT2D eigenvalue weighted by atomic mass is 9.68. The first-order valence-corrected chi connectivity index (χ1v) is 15.7. The highest BCUT2D eigenvalue weighted by molar-refractivity contribution is 8.00.